The molecule has 0 bridgehead atoms. The number of para-hydroxylation sites is 1. The summed E-state index contributed by atoms with van der Waals surface area (Å²) in [6.45, 7) is 3.79. The van der Waals surface area contributed by atoms with E-state index in [2.05, 4.69) is 63.7 Å². The third-order valence-electron chi connectivity index (χ3n) is 5.52. The lowest BCUT2D eigenvalue weighted by molar-refractivity contribution is 0.311. The highest BCUT2D eigenvalue weighted by Gasteiger charge is 2.18. The number of rotatable bonds is 8. The number of hydrogen-bond acceptors (Lipinski definition) is 3. The number of benzene rings is 2. The van der Waals surface area contributed by atoms with Crippen LogP contribution in [0.25, 0.3) is 10.9 Å². The van der Waals surface area contributed by atoms with E-state index in [9.17, 15) is 0 Å². The molecule has 1 aliphatic heterocycles. The Balaban J connectivity index is 0.00000150. The molecule has 2 aromatic carbocycles. The first-order valence-corrected chi connectivity index (χ1v) is 10.1. The third-order valence-corrected chi connectivity index (χ3v) is 5.52. The number of aliphatic hydroxyl groups is 1. The van der Waals surface area contributed by atoms with Crippen LogP contribution in [0, 0.1) is 0 Å². The van der Waals surface area contributed by atoms with E-state index in [0.29, 0.717) is 6.54 Å². The Morgan fingerprint density at radius 2 is 1.72 bits per heavy atom. The summed E-state index contributed by atoms with van der Waals surface area (Å²) < 4.78 is 2.55. The molecule has 0 saturated heterocycles. The van der Waals surface area contributed by atoms with Gasteiger partial charge in [0.15, 0.2) is 0 Å². The van der Waals surface area contributed by atoms with Gasteiger partial charge in [-0.05, 0) is 61.6 Å². The number of aromatic nitrogens is 1. The topological polar surface area (TPSA) is 49.2 Å². The normalized spacial score (nSPS) is 12.7. The molecule has 0 amide bonds. The second kappa shape index (κ2) is 11.5. The van der Waals surface area contributed by atoms with Crippen molar-refractivity contribution in [3.8, 4) is 0 Å². The van der Waals surface area contributed by atoms with Crippen LogP contribution in [0.5, 0.6) is 0 Å². The summed E-state index contributed by atoms with van der Waals surface area (Å²) in [4.78, 5) is 0. The Hall–Kier alpha value is -1.72. The van der Waals surface area contributed by atoms with Gasteiger partial charge in [-0.15, -0.1) is 24.8 Å². The molecule has 4 nitrogen and oxygen atoms in total. The number of fused-ring (bicyclic) bond motifs is 3. The van der Waals surface area contributed by atoms with E-state index >= 15 is 0 Å². The van der Waals surface area contributed by atoms with Gasteiger partial charge in [0.1, 0.15) is 0 Å². The molecule has 3 aromatic rings. The molecule has 4 rings (SSSR count). The maximum Gasteiger partial charge on any atom is 0.0604 e. The molecule has 1 aromatic heterocycles. The number of hydrogen-bond donors (Lipinski definition) is 3. The molecule has 2 heterocycles. The molecule has 6 heteroatoms. The Bertz CT molecular complexity index is 893. The Kier molecular flexibility index (Phi) is 9.31. The van der Waals surface area contributed by atoms with Crippen molar-refractivity contribution in [2.75, 3.05) is 25.0 Å². The van der Waals surface area contributed by atoms with Crippen LogP contribution in [0.15, 0.2) is 48.5 Å². The minimum atomic E-state index is 0. The summed E-state index contributed by atoms with van der Waals surface area (Å²) in [5, 5.41) is 17.1. The van der Waals surface area contributed by atoms with Crippen LogP contribution in [-0.4, -0.2) is 29.4 Å². The quantitative estimate of drug-likeness (QED) is 0.454. The molecule has 0 unspecified atom stereocenters. The fourth-order valence-electron chi connectivity index (χ4n) is 4.20. The lowest BCUT2D eigenvalue weighted by atomic mass is 10.0. The number of nitrogens with zero attached hydrogens (tertiary/aromatic N) is 1. The van der Waals surface area contributed by atoms with Crippen LogP contribution in [0.3, 0.4) is 0 Å². The molecular weight excluding hydrogens is 405 g/mol. The first-order valence-electron chi connectivity index (χ1n) is 10.1. The minimum absolute atomic E-state index is 0. The highest BCUT2D eigenvalue weighted by molar-refractivity contribution is 5.86. The van der Waals surface area contributed by atoms with Crippen molar-refractivity contribution in [2.45, 2.75) is 38.8 Å². The molecular formula is C23H31Cl2N3O. The molecule has 158 valence electrons. The van der Waals surface area contributed by atoms with Gasteiger partial charge in [0.2, 0.25) is 0 Å². The molecule has 29 heavy (non-hydrogen) atoms. The predicted octanol–water partition coefficient (Wildman–Crippen LogP) is 4.56. The fraction of sp³-hybridized carbons (Fsp3) is 0.391. The van der Waals surface area contributed by atoms with Gasteiger partial charge in [0.05, 0.1) is 6.61 Å². The smallest absolute Gasteiger partial charge is 0.0604 e. The summed E-state index contributed by atoms with van der Waals surface area (Å²) in [5.41, 5.74) is 6.85. The zero-order chi connectivity index (χ0) is 18.5. The van der Waals surface area contributed by atoms with Crippen molar-refractivity contribution in [1.82, 2.24) is 9.88 Å². The summed E-state index contributed by atoms with van der Waals surface area (Å²) >= 11 is 0. The highest BCUT2D eigenvalue weighted by atomic mass is 35.5. The SMILES string of the molecule is Cl.Cl.OCCNc1ccc(CNCCc2c3n(c4ccccc24)CCCC3)cc1. The van der Waals surface area contributed by atoms with E-state index in [1.54, 1.807) is 11.3 Å². The number of halogens is 2. The van der Waals surface area contributed by atoms with Gasteiger partial charge in [-0.2, -0.15) is 0 Å². The van der Waals surface area contributed by atoms with E-state index in [0.717, 1.165) is 25.2 Å². The monoisotopic (exact) mass is 435 g/mol. The van der Waals surface area contributed by atoms with Crippen molar-refractivity contribution in [1.29, 1.82) is 0 Å². The van der Waals surface area contributed by atoms with Gasteiger partial charge in [0.25, 0.3) is 0 Å². The van der Waals surface area contributed by atoms with Gasteiger partial charge < -0.3 is 20.3 Å². The van der Waals surface area contributed by atoms with E-state index in [1.807, 2.05) is 0 Å². The summed E-state index contributed by atoms with van der Waals surface area (Å²) in [5.74, 6) is 0. The second-order valence-electron chi connectivity index (χ2n) is 7.33. The summed E-state index contributed by atoms with van der Waals surface area (Å²) in [6.07, 6.45) is 4.91. The first kappa shape index (κ1) is 23.6. The highest BCUT2D eigenvalue weighted by Crippen LogP contribution is 2.30. The summed E-state index contributed by atoms with van der Waals surface area (Å²) in [7, 11) is 0. The fourth-order valence-corrected chi connectivity index (χ4v) is 4.20. The Morgan fingerprint density at radius 1 is 0.931 bits per heavy atom. The number of anilines is 1. The number of aryl methyl sites for hydroxylation is 1. The molecule has 3 N–H and O–H groups in total. The van der Waals surface area contributed by atoms with Crippen LogP contribution in [0.2, 0.25) is 0 Å². The van der Waals surface area contributed by atoms with Crippen molar-refractivity contribution in [2.24, 2.45) is 0 Å². The van der Waals surface area contributed by atoms with E-state index < -0.39 is 0 Å². The Morgan fingerprint density at radius 3 is 2.52 bits per heavy atom. The second-order valence-corrected chi connectivity index (χ2v) is 7.33. The van der Waals surface area contributed by atoms with Gasteiger partial charge in [-0.3, -0.25) is 0 Å². The Labute approximate surface area is 185 Å². The van der Waals surface area contributed by atoms with E-state index in [-0.39, 0.29) is 31.4 Å². The molecule has 1 aliphatic rings. The maximum atomic E-state index is 8.87. The van der Waals surface area contributed by atoms with Crippen LogP contribution in [0.4, 0.5) is 5.69 Å². The van der Waals surface area contributed by atoms with Crippen LogP contribution >= 0.6 is 24.8 Å². The van der Waals surface area contributed by atoms with Crippen LogP contribution < -0.4 is 10.6 Å². The van der Waals surface area contributed by atoms with Gasteiger partial charge >= 0.3 is 0 Å². The number of nitrogens with one attached hydrogen (secondary N) is 2. The lowest BCUT2D eigenvalue weighted by Crippen LogP contribution is -2.18. The molecule has 0 radical (unpaired) electrons. The molecule has 0 aliphatic carbocycles. The average Bonchev–Trinajstić information content (AvgIpc) is 3.04. The largest absolute Gasteiger partial charge is 0.395 e. The van der Waals surface area contributed by atoms with Crippen LogP contribution in [-0.2, 0) is 25.9 Å². The molecule has 0 atom stereocenters. The third kappa shape index (κ3) is 5.46. The zero-order valence-corrected chi connectivity index (χ0v) is 18.3. The minimum Gasteiger partial charge on any atom is -0.395 e. The van der Waals surface area contributed by atoms with Crippen molar-refractivity contribution < 1.29 is 5.11 Å². The lowest BCUT2D eigenvalue weighted by Gasteiger charge is -2.17. The zero-order valence-electron chi connectivity index (χ0n) is 16.7. The molecule has 0 fully saturated rings. The standard InChI is InChI=1S/C23H29N3O.2ClH/c27-16-14-25-19-10-8-18(9-11-19)17-24-13-12-21-20-5-1-2-6-22(20)26-15-4-3-7-23(21)26;;/h1-2,5-6,8-11,24-25,27H,3-4,7,12-17H2;2*1H. The van der Waals surface area contributed by atoms with Gasteiger partial charge in [-0.1, -0.05) is 30.3 Å². The number of aliphatic hydroxyl groups excluding tert-OH is 1. The maximum absolute atomic E-state index is 8.87. The van der Waals surface area contributed by atoms with Crippen LogP contribution in [0.1, 0.15) is 29.7 Å². The summed E-state index contributed by atoms with van der Waals surface area (Å²) in [6, 6.07) is 17.3. The van der Waals surface area contributed by atoms with Gasteiger partial charge in [-0.25, -0.2) is 0 Å². The average molecular weight is 436 g/mol. The van der Waals surface area contributed by atoms with E-state index in [4.69, 9.17) is 5.11 Å². The molecule has 0 saturated carbocycles. The van der Waals surface area contributed by atoms with Crippen molar-refractivity contribution in [3.05, 3.63) is 65.4 Å². The molecule has 0 spiro atoms. The van der Waals surface area contributed by atoms with E-state index in [1.165, 1.54) is 42.3 Å². The van der Waals surface area contributed by atoms with Crippen molar-refractivity contribution >= 4 is 41.4 Å². The predicted molar refractivity (Wildman–Crippen MR) is 127 cm³/mol. The first-order chi connectivity index (χ1) is 13.4. The van der Waals surface area contributed by atoms with Crippen molar-refractivity contribution in [3.63, 3.8) is 0 Å². The van der Waals surface area contributed by atoms with Gasteiger partial charge in [0, 0.05) is 41.9 Å².